The van der Waals surface area contributed by atoms with Gasteiger partial charge in [-0.05, 0) is 32.3 Å². The van der Waals surface area contributed by atoms with E-state index < -0.39 is 17.6 Å². The van der Waals surface area contributed by atoms with Crippen LogP contribution in [0.4, 0.5) is 18.9 Å². The molecule has 0 atom stereocenters. The van der Waals surface area contributed by atoms with Crippen molar-refractivity contribution in [1.82, 2.24) is 29.3 Å². The maximum absolute atomic E-state index is 13.4. The average molecular weight is 443 g/mol. The minimum absolute atomic E-state index is 0.0778. The second kappa shape index (κ2) is 8.42. The van der Waals surface area contributed by atoms with Gasteiger partial charge >= 0.3 is 6.18 Å². The summed E-state index contributed by atoms with van der Waals surface area (Å²) in [5, 5.41) is 11.2. The molecule has 166 valence electrons. The minimum atomic E-state index is -4.53. The van der Waals surface area contributed by atoms with E-state index in [1.165, 1.54) is 47.2 Å². The summed E-state index contributed by atoms with van der Waals surface area (Å²) >= 11 is 0. The Bertz CT molecular complexity index is 1260. The first kappa shape index (κ1) is 21.5. The molecule has 1 aromatic carbocycles. The number of benzene rings is 1. The molecular formula is C21H20F3N7O. The van der Waals surface area contributed by atoms with E-state index in [1.807, 2.05) is 19.0 Å². The molecule has 3 heterocycles. The molecule has 0 unspecified atom stereocenters. The zero-order chi connectivity index (χ0) is 22.9. The number of carbonyl (C=O) groups is 1. The van der Waals surface area contributed by atoms with Crippen molar-refractivity contribution in [1.29, 1.82) is 0 Å². The van der Waals surface area contributed by atoms with Gasteiger partial charge in [0.15, 0.2) is 11.3 Å². The van der Waals surface area contributed by atoms with Crippen molar-refractivity contribution in [3.8, 4) is 11.3 Å². The number of hydrogen-bond donors (Lipinski definition) is 1. The molecule has 1 amide bonds. The van der Waals surface area contributed by atoms with E-state index in [0.29, 0.717) is 17.9 Å². The summed E-state index contributed by atoms with van der Waals surface area (Å²) in [4.78, 5) is 18.9. The fraction of sp³-hybridized carbons (Fsp3) is 0.238. The molecule has 0 aliphatic heterocycles. The molecule has 3 aromatic heterocycles. The highest BCUT2D eigenvalue weighted by molar-refractivity contribution is 6.03. The van der Waals surface area contributed by atoms with E-state index in [0.717, 1.165) is 12.6 Å². The summed E-state index contributed by atoms with van der Waals surface area (Å²) in [7, 11) is 3.90. The third-order valence-electron chi connectivity index (χ3n) is 4.77. The predicted molar refractivity (Wildman–Crippen MR) is 112 cm³/mol. The molecule has 1 N–H and O–H groups in total. The number of amides is 1. The topological polar surface area (TPSA) is 80.3 Å². The van der Waals surface area contributed by atoms with Crippen LogP contribution in [0, 0.1) is 0 Å². The van der Waals surface area contributed by atoms with Gasteiger partial charge in [0, 0.05) is 18.3 Å². The molecule has 0 aliphatic rings. The van der Waals surface area contributed by atoms with Crippen LogP contribution in [0.5, 0.6) is 0 Å². The van der Waals surface area contributed by atoms with E-state index in [2.05, 4.69) is 20.5 Å². The summed E-state index contributed by atoms with van der Waals surface area (Å²) in [6, 6.07) is 8.13. The summed E-state index contributed by atoms with van der Waals surface area (Å²) in [6.07, 6.45) is 0.0149. The van der Waals surface area contributed by atoms with Crippen LogP contribution in [0.1, 0.15) is 16.1 Å². The summed E-state index contributed by atoms with van der Waals surface area (Å²) < 4.78 is 43.2. The van der Waals surface area contributed by atoms with E-state index in [9.17, 15) is 18.0 Å². The number of nitrogens with zero attached hydrogens (tertiary/aromatic N) is 6. The van der Waals surface area contributed by atoms with Gasteiger partial charge < -0.3 is 10.2 Å². The SMILES string of the molecule is CN(C)CCn1cc(NC(=O)c2cnc3ccc(-c4ccccc4C(F)(F)F)nn23)cn1. The molecule has 0 spiro atoms. The molecule has 32 heavy (non-hydrogen) atoms. The molecule has 4 aromatic rings. The van der Waals surface area contributed by atoms with Crippen molar-refractivity contribution in [2.24, 2.45) is 0 Å². The van der Waals surface area contributed by atoms with Gasteiger partial charge in [-0.1, -0.05) is 18.2 Å². The Morgan fingerprint density at radius 1 is 1.12 bits per heavy atom. The number of imidazole rings is 1. The monoisotopic (exact) mass is 443 g/mol. The zero-order valence-corrected chi connectivity index (χ0v) is 17.3. The van der Waals surface area contributed by atoms with Crippen LogP contribution in [-0.4, -0.2) is 55.8 Å². The summed E-state index contributed by atoms with van der Waals surface area (Å²) in [6.45, 7) is 1.44. The van der Waals surface area contributed by atoms with Crippen molar-refractivity contribution in [2.45, 2.75) is 12.7 Å². The van der Waals surface area contributed by atoms with E-state index >= 15 is 0 Å². The second-order valence-corrected chi connectivity index (χ2v) is 7.42. The van der Waals surface area contributed by atoms with Crippen LogP contribution in [0.15, 0.2) is 55.0 Å². The number of fused-ring (bicyclic) bond motifs is 1. The number of nitrogens with one attached hydrogen (secondary N) is 1. The molecule has 0 bridgehead atoms. The van der Waals surface area contributed by atoms with Crippen LogP contribution >= 0.6 is 0 Å². The Hall–Kier alpha value is -3.73. The smallest absolute Gasteiger partial charge is 0.318 e. The van der Waals surface area contributed by atoms with Gasteiger partial charge in [-0.3, -0.25) is 9.48 Å². The Morgan fingerprint density at radius 2 is 1.91 bits per heavy atom. The lowest BCUT2D eigenvalue weighted by atomic mass is 10.0. The van der Waals surface area contributed by atoms with Crippen LogP contribution < -0.4 is 5.32 Å². The Kier molecular flexibility index (Phi) is 5.66. The number of rotatable bonds is 6. The third-order valence-corrected chi connectivity index (χ3v) is 4.77. The average Bonchev–Trinajstić information content (AvgIpc) is 3.37. The van der Waals surface area contributed by atoms with E-state index in [1.54, 1.807) is 10.9 Å². The highest BCUT2D eigenvalue weighted by atomic mass is 19.4. The van der Waals surface area contributed by atoms with Crippen molar-refractivity contribution in [3.63, 3.8) is 0 Å². The van der Waals surface area contributed by atoms with Crippen LogP contribution in [0.2, 0.25) is 0 Å². The van der Waals surface area contributed by atoms with Gasteiger partial charge in [-0.15, -0.1) is 0 Å². The number of anilines is 1. The summed E-state index contributed by atoms with van der Waals surface area (Å²) in [5.74, 6) is -0.501. The molecule has 0 saturated carbocycles. The van der Waals surface area contributed by atoms with Crippen molar-refractivity contribution in [2.75, 3.05) is 26.0 Å². The summed E-state index contributed by atoms with van der Waals surface area (Å²) in [5.41, 5.74) is 0.112. The minimum Gasteiger partial charge on any atom is -0.318 e. The fourth-order valence-electron chi connectivity index (χ4n) is 3.17. The first-order chi connectivity index (χ1) is 15.2. The number of alkyl halides is 3. The lowest BCUT2D eigenvalue weighted by Gasteiger charge is -2.12. The highest BCUT2D eigenvalue weighted by Gasteiger charge is 2.33. The highest BCUT2D eigenvalue weighted by Crippen LogP contribution is 2.36. The number of hydrogen-bond acceptors (Lipinski definition) is 5. The van der Waals surface area contributed by atoms with E-state index in [4.69, 9.17) is 0 Å². The predicted octanol–water partition coefficient (Wildman–Crippen LogP) is 3.43. The zero-order valence-electron chi connectivity index (χ0n) is 17.3. The molecule has 0 aliphatic carbocycles. The van der Waals surface area contributed by atoms with Crippen LogP contribution in [0.25, 0.3) is 16.9 Å². The Morgan fingerprint density at radius 3 is 2.66 bits per heavy atom. The number of halogens is 3. The number of aromatic nitrogens is 5. The quantitative estimate of drug-likeness (QED) is 0.494. The largest absolute Gasteiger partial charge is 0.417 e. The molecule has 4 rings (SSSR count). The van der Waals surface area contributed by atoms with E-state index in [-0.39, 0.29) is 17.0 Å². The van der Waals surface area contributed by atoms with Crippen LogP contribution in [0.3, 0.4) is 0 Å². The first-order valence-electron chi connectivity index (χ1n) is 9.72. The fourth-order valence-corrected chi connectivity index (χ4v) is 3.17. The maximum Gasteiger partial charge on any atom is 0.417 e. The van der Waals surface area contributed by atoms with Crippen molar-refractivity contribution < 1.29 is 18.0 Å². The maximum atomic E-state index is 13.4. The standard InChI is InChI=1S/C21H20F3N7O/c1-29(2)9-10-30-13-14(11-26-30)27-20(32)18-12-25-19-8-7-17(28-31(18)19)15-5-3-4-6-16(15)21(22,23)24/h3-8,11-13H,9-10H2,1-2H3,(H,27,32). The molecule has 0 radical (unpaired) electrons. The molecule has 0 fully saturated rings. The molecule has 11 heteroatoms. The molecule has 8 nitrogen and oxygen atoms in total. The van der Waals surface area contributed by atoms with Gasteiger partial charge in [0.1, 0.15) is 0 Å². The van der Waals surface area contributed by atoms with Crippen LogP contribution in [-0.2, 0) is 12.7 Å². The normalized spacial score (nSPS) is 11.9. The lowest BCUT2D eigenvalue weighted by Crippen LogP contribution is -2.18. The Labute approximate surface area is 181 Å². The van der Waals surface area contributed by atoms with Gasteiger partial charge in [-0.25, -0.2) is 9.50 Å². The van der Waals surface area contributed by atoms with Gasteiger partial charge in [0.05, 0.1) is 35.9 Å². The number of likely N-dealkylation sites (N-methyl/N-ethyl adjacent to an activating group) is 1. The third kappa shape index (κ3) is 4.47. The molecular weight excluding hydrogens is 423 g/mol. The first-order valence-corrected chi connectivity index (χ1v) is 9.72. The van der Waals surface area contributed by atoms with Crippen molar-refractivity contribution in [3.05, 3.63) is 66.2 Å². The van der Waals surface area contributed by atoms with Gasteiger partial charge in [0.25, 0.3) is 5.91 Å². The Balaban J connectivity index is 1.62. The van der Waals surface area contributed by atoms with Gasteiger partial charge in [0.2, 0.25) is 0 Å². The lowest BCUT2D eigenvalue weighted by molar-refractivity contribution is -0.137. The van der Waals surface area contributed by atoms with Gasteiger partial charge in [-0.2, -0.15) is 23.4 Å². The van der Waals surface area contributed by atoms with Crippen molar-refractivity contribution >= 4 is 17.2 Å². The molecule has 0 saturated heterocycles. The number of carbonyl (C=O) groups excluding carboxylic acids is 1. The second-order valence-electron chi connectivity index (χ2n) is 7.42.